The molecule has 0 radical (unpaired) electrons. The van der Waals surface area contributed by atoms with Crippen molar-refractivity contribution in [2.45, 2.75) is 12.8 Å². The predicted molar refractivity (Wildman–Crippen MR) is 60.7 cm³/mol. The van der Waals surface area contributed by atoms with Gasteiger partial charge in [-0.1, -0.05) is 24.3 Å². The number of para-hydroxylation sites is 1. The normalized spacial score (nSPS) is 12.1. The predicted octanol–water partition coefficient (Wildman–Crippen LogP) is 2.78. The lowest BCUT2D eigenvalue weighted by Gasteiger charge is -2.16. The van der Waals surface area contributed by atoms with Crippen LogP contribution in [0.1, 0.15) is 18.1 Å². The summed E-state index contributed by atoms with van der Waals surface area (Å²) in [7, 11) is 1.38. The molecule has 0 aliphatic heterocycles. The van der Waals surface area contributed by atoms with Crippen molar-refractivity contribution >= 4 is 6.08 Å². The fraction of sp³-hybridized carbons (Fsp3) is 0.333. The Morgan fingerprint density at radius 1 is 1.44 bits per heavy atom. The van der Waals surface area contributed by atoms with Crippen LogP contribution >= 0.6 is 0 Å². The Bertz CT molecular complexity index is 383. The molecule has 1 rings (SSSR count). The first-order chi connectivity index (χ1) is 7.50. The zero-order valence-corrected chi connectivity index (χ0v) is 9.34. The number of hydrogen-bond acceptors (Lipinski definition) is 2. The van der Waals surface area contributed by atoms with Crippen molar-refractivity contribution < 1.29 is 13.5 Å². The Kier molecular flexibility index (Phi) is 4.01. The Labute approximate surface area is 93.7 Å². The number of halogens is 2. The first kappa shape index (κ1) is 12.6. The van der Waals surface area contributed by atoms with E-state index in [0.717, 1.165) is 6.92 Å². The monoisotopic (exact) mass is 227 g/mol. The number of methoxy groups -OCH3 is 1. The maximum Gasteiger partial charge on any atom is 0.274 e. The molecule has 4 heteroatoms. The maximum absolute atomic E-state index is 13.3. The number of alkyl halides is 2. The van der Waals surface area contributed by atoms with Crippen molar-refractivity contribution in [3.05, 3.63) is 35.4 Å². The lowest BCUT2D eigenvalue weighted by atomic mass is 10.0. The standard InChI is InChI=1S/C12H15F2NO/c1-12(13,14)10-7-3-5-9(6-4-8-15)11(10)16-2/h3-7H,8,15H2,1-2H3/b6-4+. The molecule has 0 saturated carbocycles. The third-order valence-corrected chi connectivity index (χ3v) is 2.16. The van der Waals surface area contributed by atoms with Crippen LogP contribution < -0.4 is 10.5 Å². The van der Waals surface area contributed by atoms with Crippen LogP contribution in [0.15, 0.2) is 24.3 Å². The third-order valence-electron chi connectivity index (χ3n) is 2.16. The zero-order chi connectivity index (χ0) is 12.2. The highest BCUT2D eigenvalue weighted by molar-refractivity contribution is 5.60. The second kappa shape index (κ2) is 5.07. The van der Waals surface area contributed by atoms with E-state index in [1.807, 2.05) is 0 Å². The molecule has 0 aromatic heterocycles. The quantitative estimate of drug-likeness (QED) is 0.858. The summed E-state index contributed by atoms with van der Waals surface area (Å²) in [4.78, 5) is 0. The molecule has 2 nitrogen and oxygen atoms in total. The minimum absolute atomic E-state index is 0.117. The third kappa shape index (κ3) is 2.79. The lowest BCUT2D eigenvalue weighted by Crippen LogP contribution is -2.09. The molecule has 0 atom stereocenters. The van der Waals surface area contributed by atoms with E-state index in [0.29, 0.717) is 12.1 Å². The van der Waals surface area contributed by atoms with E-state index in [2.05, 4.69) is 0 Å². The fourth-order valence-electron chi connectivity index (χ4n) is 1.45. The van der Waals surface area contributed by atoms with Gasteiger partial charge in [0.25, 0.3) is 5.92 Å². The number of rotatable bonds is 4. The van der Waals surface area contributed by atoms with Crippen LogP contribution in [0, 0.1) is 0 Å². The maximum atomic E-state index is 13.3. The first-order valence-corrected chi connectivity index (χ1v) is 4.92. The van der Waals surface area contributed by atoms with Gasteiger partial charge in [-0.25, -0.2) is 8.78 Å². The first-order valence-electron chi connectivity index (χ1n) is 4.92. The van der Waals surface area contributed by atoms with Crippen LogP contribution in [0.2, 0.25) is 0 Å². The van der Waals surface area contributed by atoms with Gasteiger partial charge in [0.15, 0.2) is 0 Å². The van der Waals surface area contributed by atoms with Crippen LogP contribution in [-0.2, 0) is 5.92 Å². The second-order valence-corrected chi connectivity index (χ2v) is 3.45. The minimum Gasteiger partial charge on any atom is -0.496 e. The van der Waals surface area contributed by atoms with E-state index in [1.54, 1.807) is 24.3 Å². The topological polar surface area (TPSA) is 35.2 Å². The van der Waals surface area contributed by atoms with E-state index < -0.39 is 5.92 Å². The summed E-state index contributed by atoms with van der Waals surface area (Å²) in [5.74, 6) is -2.72. The van der Waals surface area contributed by atoms with E-state index >= 15 is 0 Å². The van der Waals surface area contributed by atoms with E-state index in [9.17, 15) is 8.78 Å². The van der Waals surface area contributed by atoms with Gasteiger partial charge in [-0.05, 0) is 6.07 Å². The second-order valence-electron chi connectivity index (χ2n) is 3.45. The van der Waals surface area contributed by atoms with Gasteiger partial charge in [0, 0.05) is 19.0 Å². The smallest absolute Gasteiger partial charge is 0.274 e. The highest BCUT2D eigenvalue weighted by Crippen LogP contribution is 2.36. The van der Waals surface area contributed by atoms with Crippen molar-refractivity contribution in [1.29, 1.82) is 0 Å². The largest absolute Gasteiger partial charge is 0.496 e. The van der Waals surface area contributed by atoms with E-state index in [1.165, 1.54) is 13.2 Å². The van der Waals surface area contributed by atoms with Crippen molar-refractivity contribution in [2.24, 2.45) is 5.73 Å². The Hall–Kier alpha value is -1.42. The molecule has 0 saturated heterocycles. The molecule has 0 spiro atoms. The SMILES string of the molecule is COc1c(/C=C/CN)cccc1C(C)(F)F. The summed E-state index contributed by atoms with van der Waals surface area (Å²) < 4.78 is 31.6. The molecular weight excluding hydrogens is 212 g/mol. The molecule has 0 heterocycles. The molecule has 1 aromatic rings. The Morgan fingerprint density at radius 3 is 2.62 bits per heavy atom. The van der Waals surface area contributed by atoms with Gasteiger partial charge in [-0.2, -0.15) is 0 Å². The lowest BCUT2D eigenvalue weighted by molar-refractivity contribution is 0.0150. The van der Waals surface area contributed by atoms with Crippen molar-refractivity contribution in [3.8, 4) is 5.75 Å². The summed E-state index contributed by atoms with van der Waals surface area (Å²) >= 11 is 0. The average Bonchev–Trinajstić information content (AvgIpc) is 2.24. The zero-order valence-electron chi connectivity index (χ0n) is 9.34. The van der Waals surface area contributed by atoms with Gasteiger partial charge >= 0.3 is 0 Å². The number of hydrogen-bond donors (Lipinski definition) is 1. The van der Waals surface area contributed by atoms with Gasteiger partial charge in [-0.15, -0.1) is 0 Å². The summed E-state index contributed by atoms with van der Waals surface area (Å²) in [6.07, 6.45) is 3.36. The van der Waals surface area contributed by atoms with Crippen LogP contribution in [0.4, 0.5) is 8.78 Å². The van der Waals surface area contributed by atoms with Crippen molar-refractivity contribution in [1.82, 2.24) is 0 Å². The molecule has 0 bridgehead atoms. The molecule has 88 valence electrons. The highest BCUT2D eigenvalue weighted by Gasteiger charge is 2.29. The van der Waals surface area contributed by atoms with Crippen molar-refractivity contribution in [3.63, 3.8) is 0 Å². The van der Waals surface area contributed by atoms with Crippen LogP contribution in [0.25, 0.3) is 6.08 Å². The highest BCUT2D eigenvalue weighted by atomic mass is 19.3. The van der Waals surface area contributed by atoms with Crippen LogP contribution in [-0.4, -0.2) is 13.7 Å². The Balaban J connectivity index is 3.26. The average molecular weight is 227 g/mol. The summed E-state index contributed by atoms with van der Waals surface area (Å²) in [6, 6.07) is 4.64. The fourth-order valence-corrected chi connectivity index (χ4v) is 1.45. The summed E-state index contributed by atoms with van der Waals surface area (Å²) in [5, 5.41) is 0. The number of nitrogens with two attached hydrogens (primary N) is 1. The molecule has 1 aromatic carbocycles. The summed E-state index contributed by atoms with van der Waals surface area (Å²) in [6.45, 7) is 1.21. The van der Waals surface area contributed by atoms with Gasteiger partial charge in [0.05, 0.1) is 12.7 Å². The van der Waals surface area contributed by atoms with Gasteiger partial charge in [0.1, 0.15) is 5.75 Å². The van der Waals surface area contributed by atoms with Gasteiger partial charge in [-0.3, -0.25) is 0 Å². The molecule has 2 N–H and O–H groups in total. The molecule has 0 unspecified atom stereocenters. The van der Waals surface area contributed by atoms with Crippen molar-refractivity contribution in [2.75, 3.05) is 13.7 Å². The summed E-state index contributed by atoms with van der Waals surface area (Å²) in [5.41, 5.74) is 5.80. The molecule has 0 amide bonds. The van der Waals surface area contributed by atoms with Gasteiger partial charge in [0.2, 0.25) is 0 Å². The molecule has 0 aliphatic rings. The number of benzene rings is 1. The van der Waals surface area contributed by atoms with E-state index in [-0.39, 0.29) is 11.3 Å². The molecule has 0 aliphatic carbocycles. The molecule has 16 heavy (non-hydrogen) atoms. The van der Waals surface area contributed by atoms with E-state index in [4.69, 9.17) is 10.5 Å². The number of ether oxygens (including phenoxy) is 1. The van der Waals surface area contributed by atoms with Crippen LogP contribution in [0.3, 0.4) is 0 Å². The minimum atomic E-state index is -2.92. The molecular formula is C12H15F2NO. The molecule has 0 fully saturated rings. The van der Waals surface area contributed by atoms with Crippen LogP contribution in [0.5, 0.6) is 5.75 Å². The Morgan fingerprint density at radius 2 is 2.12 bits per heavy atom. The van der Waals surface area contributed by atoms with Gasteiger partial charge < -0.3 is 10.5 Å².